The second kappa shape index (κ2) is 6.36. The predicted molar refractivity (Wildman–Crippen MR) is 88.0 cm³/mol. The molecule has 0 heterocycles. The first-order chi connectivity index (χ1) is 10.6. The van der Waals surface area contributed by atoms with Gasteiger partial charge in [0, 0.05) is 12.3 Å². The molecule has 0 N–H and O–H groups in total. The highest BCUT2D eigenvalue weighted by Gasteiger charge is 2.43. The van der Waals surface area contributed by atoms with Crippen molar-refractivity contribution in [2.75, 3.05) is 0 Å². The molecule has 0 saturated heterocycles. The number of hydrogen-bond acceptors (Lipinski definition) is 2. The van der Waals surface area contributed by atoms with E-state index in [2.05, 4.69) is 0 Å². The van der Waals surface area contributed by atoms with Crippen LogP contribution in [0.4, 0.5) is 0 Å². The number of benzene rings is 1. The molecule has 3 rings (SSSR count). The Morgan fingerprint density at radius 1 is 1.00 bits per heavy atom. The van der Waals surface area contributed by atoms with Crippen molar-refractivity contribution in [1.29, 1.82) is 0 Å². The number of aryl methyl sites for hydroxylation is 2. The fourth-order valence-electron chi connectivity index (χ4n) is 4.47. The highest BCUT2D eigenvalue weighted by atomic mass is 16.2. The molecule has 22 heavy (non-hydrogen) atoms. The first-order valence-corrected chi connectivity index (χ1v) is 8.70. The van der Waals surface area contributed by atoms with Gasteiger partial charge in [0.05, 0.1) is 0 Å². The molecule has 0 radical (unpaired) electrons. The van der Waals surface area contributed by atoms with E-state index in [1.807, 2.05) is 32.0 Å². The van der Waals surface area contributed by atoms with E-state index in [1.165, 1.54) is 32.1 Å². The Morgan fingerprint density at radius 3 is 2.27 bits per heavy atom. The van der Waals surface area contributed by atoms with Gasteiger partial charge in [0.2, 0.25) is 0 Å². The third kappa shape index (κ3) is 2.88. The van der Waals surface area contributed by atoms with Crippen molar-refractivity contribution >= 4 is 11.6 Å². The van der Waals surface area contributed by atoms with E-state index in [9.17, 15) is 9.59 Å². The molecule has 1 aromatic carbocycles. The molecule has 2 nitrogen and oxygen atoms in total. The van der Waals surface area contributed by atoms with Crippen LogP contribution in [-0.2, 0) is 9.59 Å². The predicted octanol–water partition coefficient (Wildman–Crippen LogP) is 4.52. The van der Waals surface area contributed by atoms with E-state index in [0.717, 1.165) is 23.1 Å². The molecule has 2 fully saturated rings. The second-order valence-electron chi connectivity index (χ2n) is 7.25. The van der Waals surface area contributed by atoms with Crippen LogP contribution in [0.1, 0.15) is 67.6 Å². The van der Waals surface area contributed by atoms with Gasteiger partial charge in [-0.3, -0.25) is 9.59 Å². The first-order valence-electron chi connectivity index (χ1n) is 8.70. The topological polar surface area (TPSA) is 34.1 Å². The maximum atomic E-state index is 12.9. The quantitative estimate of drug-likeness (QED) is 0.769. The molecule has 0 bridgehead atoms. The minimum absolute atomic E-state index is 0.0281. The van der Waals surface area contributed by atoms with Gasteiger partial charge in [0.15, 0.2) is 5.78 Å². The highest BCUT2D eigenvalue weighted by molar-refractivity contribution is 6.14. The molecule has 118 valence electrons. The second-order valence-corrected chi connectivity index (χ2v) is 7.25. The van der Waals surface area contributed by atoms with Crippen molar-refractivity contribution < 1.29 is 9.59 Å². The van der Waals surface area contributed by atoms with Gasteiger partial charge >= 0.3 is 0 Å². The molecule has 2 aliphatic rings. The summed E-state index contributed by atoms with van der Waals surface area (Å²) in [7, 11) is 0. The minimum Gasteiger partial charge on any atom is -0.298 e. The van der Waals surface area contributed by atoms with Crippen molar-refractivity contribution in [1.82, 2.24) is 0 Å². The molecule has 0 aliphatic heterocycles. The van der Waals surface area contributed by atoms with Crippen molar-refractivity contribution in [3.8, 4) is 0 Å². The number of hydrogen-bond donors (Lipinski definition) is 0. The summed E-state index contributed by atoms with van der Waals surface area (Å²) < 4.78 is 0. The lowest BCUT2D eigenvalue weighted by molar-refractivity contribution is -0.125. The van der Waals surface area contributed by atoms with Gasteiger partial charge in [0.25, 0.3) is 0 Å². The average Bonchev–Trinajstić information content (AvgIpc) is 2.76. The summed E-state index contributed by atoms with van der Waals surface area (Å²) in [4.78, 5) is 25.4. The van der Waals surface area contributed by atoms with Gasteiger partial charge in [-0.2, -0.15) is 0 Å². The van der Waals surface area contributed by atoms with E-state index in [0.29, 0.717) is 12.3 Å². The third-order valence-electron chi connectivity index (χ3n) is 5.63. The Bertz CT molecular complexity index is 561. The number of rotatable bonds is 3. The molecule has 2 unspecified atom stereocenters. The van der Waals surface area contributed by atoms with Crippen molar-refractivity contribution in [3.63, 3.8) is 0 Å². The van der Waals surface area contributed by atoms with Gasteiger partial charge in [-0.1, -0.05) is 50.3 Å². The fourth-order valence-corrected chi connectivity index (χ4v) is 4.47. The summed E-state index contributed by atoms with van der Waals surface area (Å²) in [6.45, 7) is 4.02. The van der Waals surface area contributed by atoms with Crippen LogP contribution < -0.4 is 0 Å². The Morgan fingerprint density at radius 2 is 1.64 bits per heavy atom. The zero-order chi connectivity index (χ0) is 15.7. The summed E-state index contributed by atoms with van der Waals surface area (Å²) in [5.74, 6) is 0.470. The summed E-state index contributed by atoms with van der Waals surface area (Å²) in [5.41, 5.74) is 3.12. The van der Waals surface area contributed by atoms with Crippen LogP contribution in [0.2, 0.25) is 0 Å². The molecule has 2 saturated carbocycles. The Kier molecular flexibility index (Phi) is 4.46. The lowest BCUT2D eigenvalue weighted by Crippen LogP contribution is -2.20. The largest absolute Gasteiger partial charge is 0.298 e. The molecular formula is C20H26O2. The Hall–Kier alpha value is -1.44. The van der Waals surface area contributed by atoms with E-state index in [4.69, 9.17) is 0 Å². The maximum Gasteiger partial charge on any atom is 0.151 e. The van der Waals surface area contributed by atoms with Gasteiger partial charge in [-0.25, -0.2) is 0 Å². The van der Waals surface area contributed by atoms with Gasteiger partial charge in [-0.15, -0.1) is 0 Å². The van der Waals surface area contributed by atoms with Crippen LogP contribution in [0, 0.1) is 25.7 Å². The number of carbonyl (C=O) groups is 2. The average molecular weight is 298 g/mol. The number of ketones is 2. The number of carbonyl (C=O) groups excluding carboxylic acids is 2. The zero-order valence-electron chi connectivity index (χ0n) is 13.7. The molecule has 2 heteroatoms. The minimum atomic E-state index is -0.491. The van der Waals surface area contributed by atoms with E-state index in [-0.39, 0.29) is 17.5 Å². The van der Waals surface area contributed by atoms with Crippen LogP contribution in [-0.4, -0.2) is 11.6 Å². The Labute approximate surface area is 133 Å². The van der Waals surface area contributed by atoms with Gasteiger partial charge in [0.1, 0.15) is 11.7 Å². The van der Waals surface area contributed by atoms with Gasteiger partial charge in [-0.05, 0) is 42.9 Å². The smallest absolute Gasteiger partial charge is 0.151 e. The molecule has 0 amide bonds. The molecule has 0 spiro atoms. The molecule has 1 aromatic rings. The Balaban J connectivity index is 1.79. The van der Waals surface area contributed by atoms with Crippen LogP contribution in [0.25, 0.3) is 0 Å². The summed E-state index contributed by atoms with van der Waals surface area (Å²) >= 11 is 0. The van der Waals surface area contributed by atoms with Crippen molar-refractivity contribution in [2.45, 2.75) is 64.7 Å². The van der Waals surface area contributed by atoms with E-state index >= 15 is 0 Å². The van der Waals surface area contributed by atoms with Crippen LogP contribution in [0.3, 0.4) is 0 Å². The van der Waals surface area contributed by atoms with Gasteiger partial charge < -0.3 is 0 Å². The van der Waals surface area contributed by atoms with E-state index < -0.39 is 5.92 Å². The van der Waals surface area contributed by atoms with Crippen molar-refractivity contribution in [2.24, 2.45) is 11.8 Å². The normalized spacial score (nSPS) is 26.6. The molecule has 2 aliphatic carbocycles. The first kappa shape index (κ1) is 15.5. The molecule has 2 atom stereocenters. The van der Waals surface area contributed by atoms with E-state index in [1.54, 1.807) is 0 Å². The third-order valence-corrected chi connectivity index (χ3v) is 5.63. The monoisotopic (exact) mass is 298 g/mol. The summed E-state index contributed by atoms with van der Waals surface area (Å²) in [6, 6.07) is 6.02. The summed E-state index contributed by atoms with van der Waals surface area (Å²) in [6.07, 6.45) is 7.80. The lowest BCUT2D eigenvalue weighted by Gasteiger charge is -2.23. The van der Waals surface area contributed by atoms with Crippen LogP contribution in [0.5, 0.6) is 0 Å². The maximum absolute atomic E-state index is 12.9. The lowest BCUT2D eigenvalue weighted by atomic mass is 9.81. The zero-order valence-corrected chi connectivity index (χ0v) is 13.7. The molecule has 0 aromatic heterocycles. The fraction of sp³-hybridized carbons (Fsp3) is 0.600. The highest BCUT2D eigenvalue weighted by Crippen LogP contribution is 2.40. The van der Waals surface area contributed by atoms with Crippen molar-refractivity contribution in [3.05, 3.63) is 34.9 Å². The summed E-state index contributed by atoms with van der Waals surface area (Å²) in [5, 5.41) is 0. The standard InChI is InChI=1S/C20H26O2/c1-13-7-6-8-14(2)18(13)19-17(21)12-16(20(19)22)11-15-9-4-3-5-10-15/h6-8,15-16,19H,3-5,9-12H2,1-2H3. The van der Waals surface area contributed by atoms with Crippen LogP contribution >= 0.6 is 0 Å². The van der Waals surface area contributed by atoms with Crippen LogP contribution in [0.15, 0.2) is 18.2 Å². The molecular weight excluding hydrogens is 272 g/mol. The number of Topliss-reactive ketones (excluding diaryl/α,β-unsaturated/α-hetero) is 2. The SMILES string of the molecule is Cc1cccc(C)c1C1C(=O)CC(CC2CCCCC2)C1=O.